The molecule has 0 spiro atoms. The maximum atomic E-state index is 14.4. The van der Waals surface area contributed by atoms with Gasteiger partial charge in [-0.05, 0) is 48.9 Å². The van der Waals surface area contributed by atoms with E-state index in [1.807, 2.05) is 12.4 Å². The summed E-state index contributed by atoms with van der Waals surface area (Å²) in [6, 6.07) is 3.93. The third kappa shape index (κ3) is 3.19. The molecule has 28 heavy (non-hydrogen) atoms. The molecule has 1 aliphatic heterocycles. The van der Waals surface area contributed by atoms with Gasteiger partial charge in [0.05, 0.1) is 12.2 Å². The van der Waals surface area contributed by atoms with Crippen molar-refractivity contribution >= 4 is 17.5 Å². The quantitative estimate of drug-likeness (QED) is 0.744. The van der Waals surface area contributed by atoms with Gasteiger partial charge in [0.1, 0.15) is 12.0 Å². The van der Waals surface area contributed by atoms with Crippen molar-refractivity contribution in [1.29, 1.82) is 0 Å². The summed E-state index contributed by atoms with van der Waals surface area (Å²) in [6.45, 7) is 0.462. The number of urea groups is 1. The van der Waals surface area contributed by atoms with Crippen molar-refractivity contribution in [2.24, 2.45) is 0 Å². The van der Waals surface area contributed by atoms with Gasteiger partial charge in [-0.15, -0.1) is 0 Å². The number of aromatic nitrogens is 3. The number of benzene rings is 1. The van der Waals surface area contributed by atoms with Crippen LogP contribution in [0.15, 0.2) is 36.8 Å². The lowest BCUT2D eigenvalue weighted by Crippen LogP contribution is -2.33. The van der Waals surface area contributed by atoms with Gasteiger partial charge in [-0.25, -0.2) is 23.5 Å². The van der Waals surface area contributed by atoms with E-state index in [0.29, 0.717) is 36.0 Å². The van der Waals surface area contributed by atoms with Gasteiger partial charge in [-0.3, -0.25) is 4.40 Å². The zero-order valence-electron chi connectivity index (χ0n) is 15.1. The van der Waals surface area contributed by atoms with Crippen molar-refractivity contribution < 1.29 is 13.6 Å². The number of carbonyl (C=O) groups is 1. The maximum absolute atomic E-state index is 14.4. The molecule has 0 bridgehead atoms. The first kappa shape index (κ1) is 17.1. The highest BCUT2D eigenvalue weighted by atomic mass is 19.1. The Morgan fingerprint density at radius 3 is 2.82 bits per heavy atom. The van der Waals surface area contributed by atoms with Gasteiger partial charge in [0.25, 0.3) is 0 Å². The monoisotopic (exact) mass is 383 g/mol. The lowest BCUT2D eigenvalue weighted by Gasteiger charge is -2.16. The predicted molar refractivity (Wildman–Crippen MR) is 100 cm³/mol. The zero-order valence-corrected chi connectivity index (χ0v) is 15.1. The number of hydrogen-bond donors (Lipinski definition) is 1. The van der Waals surface area contributed by atoms with Crippen LogP contribution < -0.4 is 5.32 Å². The number of imidazole rings is 1. The van der Waals surface area contributed by atoms with E-state index in [0.717, 1.165) is 5.56 Å². The lowest BCUT2D eigenvalue weighted by atomic mass is 10.1. The molecule has 2 aromatic heterocycles. The highest BCUT2D eigenvalue weighted by Gasteiger charge is 2.26. The first-order chi connectivity index (χ1) is 13.6. The number of rotatable bonds is 3. The molecule has 1 atom stereocenters. The summed E-state index contributed by atoms with van der Waals surface area (Å²) in [6.07, 6.45) is 7.26. The van der Waals surface area contributed by atoms with E-state index >= 15 is 0 Å². The maximum Gasteiger partial charge on any atom is 0.321 e. The van der Waals surface area contributed by atoms with Crippen LogP contribution in [-0.2, 0) is 0 Å². The number of alkyl halides is 1. The average molecular weight is 383 g/mol. The molecule has 8 heteroatoms. The Balaban J connectivity index is 1.42. The van der Waals surface area contributed by atoms with E-state index in [2.05, 4.69) is 15.3 Å². The van der Waals surface area contributed by atoms with E-state index in [9.17, 15) is 13.6 Å². The molecule has 6 nitrogen and oxygen atoms in total. The Morgan fingerprint density at radius 1 is 1.21 bits per heavy atom. The van der Waals surface area contributed by atoms with Gasteiger partial charge in [-0.1, -0.05) is 0 Å². The molecule has 3 aromatic rings. The number of nitrogens with zero attached hydrogens (tertiary/aromatic N) is 4. The van der Waals surface area contributed by atoms with Crippen LogP contribution in [0.25, 0.3) is 17.0 Å². The molecule has 0 radical (unpaired) electrons. The van der Waals surface area contributed by atoms with Gasteiger partial charge in [0.15, 0.2) is 0 Å². The Morgan fingerprint density at radius 2 is 2.07 bits per heavy atom. The second kappa shape index (κ2) is 6.54. The van der Waals surface area contributed by atoms with Crippen LogP contribution in [0, 0.1) is 5.82 Å². The number of carbonyl (C=O) groups excluding carboxylic acids is 1. The zero-order chi connectivity index (χ0) is 19.3. The average Bonchev–Trinajstić information content (AvgIpc) is 3.30. The highest BCUT2D eigenvalue weighted by Crippen LogP contribution is 2.39. The Kier molecular flexibility index (Phi) is 3.99. The molecule has 1 saturated carbocycles. The van der Waals surface area contributed by atoms with Crippen LogP contribution in [0.5, 0.6) is 0 Å². The number of halogens is 2. The normalized spacial score (nSPS) is 19.4. The van der Waals surface area contributed by atoms with E-state index in [-0.39, 0.29) is 18.1 Å². The molecule has 1 aliphatic carbocycles. The fourth-order valence-corrected chi connectivity index (χ4v) is 3.56. The molecule has 2 aliphatic rings. The third-order valence-electron chi connectivity index (χ3n) is 5.29. The summed E-state index contributed by atoms with van der Waals surface area (Å²) in [5, 5.41) is 2.71. The van der Waals surface area contributed by atoms with Crippen LogP contribution in [-0.4, -0.2) is 44.6 Å². The second-order valence-corrected chi connectivity index (χ2v) is 7.45. The van der Waals surface area contributed by atoms with Crippen molar-refractivity contribution in [2.75, 3.05) is 18.4 Å². The number of amides is 2. The molecule has 2 amide bonds. The van der Waals surface area contributed by atoms with Gasteiger partial charge < -0.3 is 10.2 Å². The van der Waals surface area contributed by atoms with E-state index < -0.39 is 12.0 Å². The summed E-state index contributed by atoms with van der Waals surface area (Å²) in [5.41, 5.74) is 2.32. The fraction of sp³-hybridized carbons (Fsp3) is 0.350. The molecule has 1 saturated heterocycles. The molecular weight excluding hydrogens is 364 g/mol. The van der Waals surface area contributed by atoms with E-state index in [1.54, 1.807) is 16.7 Å². The van der Waals surface area contributed by atoms with Gasteiger partial charge in [0, 0.05) is 36.4 Å². The number of nitrogens with one attached hydrogen (secondary N) is 1. The number of anilines is 1. The Labute approximate surface area is 160 Å². The molecule has 3 heterocycles. The summed E-state index contributed by atoms with van der Waals surface area (Å²) in [5.74, 6) is 0.626. The van der Waals surface area contributed by atoms with Crippen LogP contribution in [0.4, 0.5) is 19.3 Å². The van der Waals surface area contributed by atoms with Crippen molar-refractivity contribution in [2.45, 2.75) is 31.4 Å². The SMILES string of the molecule is O=C(Nc1ccc(F)c(-c2cn3cc(C4CC4)cnc3n2)c1)N1CC[C@@H](F)C1. The van der Waals surface area contributed by atoms with Crippen molar-refractivity contribution in [3.63, 3.8) is 0 Å². The van der Waals surface area contributed by atoms with Gasteiger partial charge >= 0.3 is 6.03 Å². The van der Waals surface area contributed by atoms with Crippen molar-refractivity contribution in [1.82, 2.24) is 19.3 Å². The molecule has 1 N–H and O–H groups in total. The number of hydrogen-bond acceptors (Lipinski definition) is 3. The first-order valence-corrected chi connectivity index (χ1v) is 9.41. The standard InChI is InChI=1S/C20H19F2N5O/c21-14-5-6-26(10-14)20(28)24-15-3-4-17(22)16(7-15)18-11-27-9-13(12-1-2-12)8-23-19(27)25-18/h3-4,7-9,11-12,14H,1-2,5-6,10H2,(H,24,28)/t14-/m1/s1. The lowest BCUT2D eigenvalue weighted by molar-refractivity contribution is 0.218. The summed E-state index contributed by atoms with van der Waals surface area (Å²) in [4.78, 5) is 22.5. The highest BCUT2D eigenvalue weighted by molar-refractivity contribution is 5.90. The van der Waals surface area contributed by atoms with Crippen LogP contribution in [0.1, 0.15) is 30.7 Å². The largest absolute Gasteiger partial charge is 0.322 e. The number of likely N-dealkylation sites (tertiary alicyclic amines) is 1. The molecule has 5 rings (SSSR count). The molecule has 2 fully saturated rings. The minimum atomic E-state index is -0.986. The van der Waals surface area contributed by atoms with Crippen molar-refractivity contribution in [3.05, 3.63) is 48.2 Å². The second-order valence-electron chi connectivity index (χ2n) is 7.45. The minimum absolute atomic E-state index is 0.0846. The van der Waals surface area contributed by atoms with Crippen LogP contribution in [0.2, 0.25) is 0 Å². The van der Waals surface area contributed by atoms with Crippen molar-refractivity contribution in [3.8, 4) is 11.3 Å². The fourth-order valence-electron chi connectivity index (χ4n) is 3.56. The Bertz CT molecular complexity index is 1060. The first-order valence-electron chi connectivity index (χ1n) is 9.41. The number of fused-ring (bicyclic) bond motifs is 1. The van der Waals surface area contributed by atoms with Gasteiger partial charge in [0.2, 0.25) is 5.78 Å². The Hall–Kier alpha value is -3.03. The minimum Gasteiger partial charge on any atom is -0.322 e. The van der Waals surface area contributed by atoms with Crippen LogP contribution >= 0.6 is 0 Å². The molecule has 144 valence electrons. The summed E-state index contributed by atoms with van der Waals surface area (Å²) < 4.78 is 29.6. The molecule has 1 aromatic carbocycles. The van der Waals surface area contributed by atoms with Gasteiger partial charge in [-0.2, -0.15) is 0 Å². The van der Waals surface area contributed by atoms with Crippen LogP contribution in [0.3, 0.4) is 0 Å². The topological polar surface area (TPSA) is 62.5 Å². The molecule has 0 unspecified atom stereocenters. The third-order valence-corrected chi connectivity index (χ3v) is 5.29. The summed E-state index contributed by atoms with van der Waals surface area (Å²) in [7, 11) is 0. The van der Waals surface area contributed by atoms with E-state index in [1.165, 1.54) is 29.9 Å². The predicted octanol–water partition coefficient (Wildman–Crippen LogP) is 3.99. The van der Waals surface area contributed by atoms with E-state index in [4.69, 9.17) is 0 Å². The smallest absolute Gasteiger partial charge is 0.321 e. The molecular formula is C20H19F2N5O. The summed E-state index contributed by atoms with van der Waals surface area (Å²) >= 11 is 0.